The number of aryl methyl sites for hydroxylation is 1. The number of methoxy groups -OCH3 is 1. The number of fused-ring (bicyclic) bond motifs is 1. The molecule has 4 aromatic rings. The van der Waals surface area contributed by atoms with E-state index in [1.54, 1.807) is 30.3 Å². The van der Waals surface area contributed by atoms with Crippen molar-refractivity contribution in [2.75, 3.05) is 12.0 Å². The summed E-state index contributed by atoms with van der Waals surface area (Å²) < 4.78 is 5.38. The molecule has 1 N–H and O–H groups in total. The van der Waals surface area contributed by atoms with Crippen LogP contribution < -0.4 is 9.64 Å². The fraction of sp³-hybridized carbons (Fsp3) is 0.267. The summed E-state index contributed by atoms with van der Waals surface area (Å²) in [5.41, 5.74) is 4.16. The number of hydrogen-bond acceptors (Lipinski definition) is 4. The zero-order valence-corrected chi connectivity index (χ0v) is 21.0. The van der Waals surface area contributed by atoms with Crippen LogP contribution in [0.3, 0.4) is 0 Å². The summed E-state index contributed by atoms with van der Waals surface area (Å²) in [6, 6.07) is 21.4. The van der Waals surface area contributed by atoms with E-state index >= 15 is 0 Å². The highest BCUT2D eigenvalue weighted by Crippen LogP contribution is 2.31. The van der Waals surface area contributed by atoms with E-state index in [1.165, 1.54) is 0 Å². The van der Waals surface area contributed by atoms with Crippen molar-refractivity contribution < 1.29 is 14.6 Å². The van der Waals surface area contributed by atoms with Crippen molar-refractivity contribution in [1.82, 2.24) is 4.98 Å². The molecule has 0 fully saturated rings. The number of aromatic nitrogens is 1. The van der Waals surface area contributed by atoms with Gasteiger partial charge in [-0.05, 0) is 76.4 Å². The maximum Gasteiger partial charge on any atom is 0.229 e. The lowest BCUT2D eigenvalue weighted by molar-refractivity contribution is -0.120. The average Bonchev–Trinajstić information content (AvgIpc) is 2.81. The van der Waals surface area contributed by atoms with Crippen LogP contribution in [-0.2, 0) is 11.3 Å². The number of carbonyl (C=O) groups is 1. The predicted molar refractivity (Wildman–Crippen MR) is 142 cm³/mol. The summed E-state index contributed by atoms with van der Waals surface area (Å²) in [6.45, 7) is 8.62. The highest BCUT2D eigenvalue weighted by atomic mass is 16.5. The number of aromatic hydroxyl groups is 1. The van der Waals surface area contributed by atoms with Gasteiger partial charge in [0.05, 0.1) is 13.7 Å². The molecule has 5 nitrogen and oxygen atoms in total. The van der Waals surface area contributed by atoms with Gasteiger partial charge in [-0.1, -0.05) is 51.1 Å². The number of carbonyl (C=O) groups excluding carboxylic acids is 1. The molecule has 0 radical (unpaired) electrons. The molecule has 35 heavy (non-hydrogen) atoms. The Morgan fingerprint density at radius 3 is 2.34 bits per heavy atom. The Morgan fingerprint density at radius 1 is 0.971 bits per heavy atom. The number of phenols is 1. The smallest absolute Gasteiger partial charge is 0.229 e. The van der Waals surface area contributed by atoms with E-state index in [0.717, 1.165) is 38.8 Å². The first-order chi connectivity index (χ1) is 16.6. The van der Waals surface area contributed by atoms with Crippen LogP contribution in [0.15, 0.2) is 72.9 Å². The zero-order chi connectivity index (χ0) is 25.2. The van der Waals surface area contributed by atoms with Crippen LogP contribution in [-0.4, -0.2) is 23.1 Å². The lowest BCUT2D eigenvalue weighted by atomic mass is 9.91. The highest BCUT2D eigenvalue weighted by Gasteiger charge is 2.25. The molecule has 3 aromatic carbocycles. The molecule has 1 amide bonds. The minimum atomic E-state index is -0.158. The van der Waals surface area contributed by atoms with Gasteiger partial charge in [0, 0.05) is 18.0 Å². The molecular formula is C30H32N2O3. The number of pyridine rings is 1. The van der Waals surface area contributed by atoms with Gasteiger partial charge < -0.3 is 9.84 Å². The average molecular weight is 469 g/mol. The third kappa shape index (κ3) is 5.62. The van der Waals surface area contributed by atoms with Crippen molar-refractivity contribution in [1.29, 1.82) is 0 Å². The summed E-state index contributed by atoms with van der Waals surface area (Å²) in [4.78, 5) is 19.8. The van der Waals surface area contributed by atoms with Gasteiger partial charge in [-0.15, -0.1) is 0 Å². The first kappa shape index (κ1) is 24.3. The maximum atomic E-state index is 13.5. The normalized spacial score (nSPS) is 11.5. The van der Waals surface area contributed by atoms with Gasteiger partial charge in [0.1, 0.15) is 17.3 Å². The van der Waals surface area contributed by atoms with Crippen molar-refractivity contribution in [3.8, 4) is 22.6 Å². The molecule has 0 aliphatic heterocycles. The second-order valence-electron chi connectivity index (χ2n) is 10.1. The van der Waals surface area contributed by atoms with Crippen LogP contribution in [0.4, 0.5) is 5.82 Å². The van der Waals surface area contributed by atoms with E-state index < -0.39 is 0 Å². The molecular weight excluding hydrogens is 436 g/mol. The number of hydrogen-bond donors (Lipinski definition) is 1. The van der Waals surface area contributed by atoms with Gasteiger partial charge in [-0.2, -0.15) is 0 Å². The first-order valence-electron chi connectivity index (χ1n) is 11.8. The monoisotopic (exact) mass is 468 g/mol. The van der Waals surface area contributed by atoms with Crippen molar-refractivity contribution >= 4 is 22.5 Å². The predicted octanol–water partition coefficient (Wildman–Crippen LogP) is 6.89. The fourth-order valence-electron chi connectivity index (χ4n) is 4.24. The Morgan fingerprint density at radius 2 is 1.69 bits per heavy atom. The number of benzene rings is 3. The summed E-state index contributed by atoms with van der Waals surface area (Å²) in [5, 5.41) is 11.6. The summed E-state index contributed by atoms with van der Waals surface area (Å²) in [5.74, 6) is 1.67. The Balaban J connectivity index is 1.68. The minimum Gasteiger partial charge on any atom is -0.508 e. The molecule has 180 valence electrons. The largest absolute Gasteiger partial charge is 0.508 e. The zero-order valence-electron chi connectivity index (χ0n) is 21.0. The van der Waals surface area contributed by atoms with Crippen LogP contribution in [0, 0.1) is 12.3 Å². The summed E-state index contributed by atoms with van der Waals surface area (Å²) >= 11 is 0. The molecule has 0 saturated carbocycles. The Hall–Kier alpha value is -3.86. The number of ether oxygens (including phenoxy) is 1. The standard InChI is InChI=1S/C30H32N2O3/c1-20-16-23(10-13-27(20)35-5)22-8-6-21(7-9-22)19-32(28(34)18-30(2,3)4)29-26-12-11-25(33)17-24(26)14-15-31-29/h6-17,33H,18-19H2,1-5H3. The van der Waals surface area contributed by atoms with Crippen molar-refractivity contribution in [3.63, 3.8) is 0 Å². The van der Waals surface area contributed by atoms with Crippen LogP contribution in [0.5, 0.6) is 11.5 Å². The third-order valence-electron chi connectivity index (χ3n) is 5.99. The Bertz CT molecular complexity index is 1350. The lowest BCUT2D eigenvalue weighted by Crippen LogP contribution is -2.34. The molecule has 4 rings (SSSR count). The van der Waals surface area contributed by atoms with Crippen LogP contribution in [0.1, 0.15) is 38.3 Å². The molecule has 5 heteroatoms. The Kier molecular flexibility index (Phi) is 6.79. The maximum absolute atomic E-state index is 13.5. The fourth-order valence-corrected chi connectivity index (χ4v) is 4.24. The SMILES string of the molecule is COc1ccc(-c2ccc(CN(C(=O)CC(C)(C)C)c3nccc4cc(O)ccc34)cc2)cc1C. The van der Waals surface area contributed by atoms with Gasteiger partial charge in [-0.25, -0.2) is 4.98 Å². The van der Waals surface area contributed by atoms with Gasteiger partial charge in [-0.3, -0.25) is 9.69 Å². The number of nitrogens with zero attached hydrogens (tertiary/aromatic N) is 2. The second-order valence-corrected chi connectivity index (χ2v) is 10.1. The third-order valence-corrected chi connectivity index (χ3v) is 5.99. The second kappa shape index (κ2) is 9.79. The van der Waals surface area contributed by atoms with E-state index in [-0.39, 0.29) is 17.1 Å². The van der Waals surface area contributed by atoms with E-state index in [2.05, 4.69) is 62.2 Å². The molecule has 1 aromatic heterocycles. The molecule has 0 spiro atoms. The number of anilines is 1. The molecule has 0 aliphatic rings. The van der Waals surface area contributed by atoms with E-state index in [1.807, 2.05) is 25.1 Å². The number of phenolic OH excluding ortho intramolecular Hbond substituents is 1. The van der Waals surface area contributed by atoms with Gasteiger partial charge in [0.15, 0.2) is 0 Å². The number of rotatable bonds is 6. The van der Waals surface area contributed by atoms with Gasteiger partial charge >= 0.3 is 0 Å². The van der Waals surface area contributed by atoms with E-state index in [4.69, 9.17) is 4.74 Å². The van der Waals surface area contributed by atoms with Crippen molar-refractivity contribution in [2.24, 2.45) is 5.41 Å². The molecule has 0 bridgehead atoms. The minimum absolute atomic E-state index is 0.0143. The topological polar surface area (TPSA) is 62.7 Å². The quantitative estimate of drug-likeness (QED) is 0.334. The van der Waals surface area contributed by atoms with Crippen molar-refractivity contribution in [2.45, 2.75) is 40.7 Å². The first-order valence-corrected chi connectivity index (χ1v) is 11.8. The van der Waals surface area contributed by atoms with Crippen molar-refractivity contribution in [3.05, 3.63) is 84.1 Å². The molecule has 0 aliphatic carbocycles. The summed E-state index contributed by atoms with van der Waals surface area (Å²) in [6.07, 6.45) is 2.08. The molecule has 0 unspecified atom stereocenters. The number of amides is 1. The highest BCUT2D eigenvalue weighted by molar-refractivity contribution is 6.02. The molecule has 0 atom stereocenters. The Labute approximate surface area is 207 Å². The van der Waals surface area contributed by atoms with E-state index in [0.29, 0.717) is 18.8 Å². The lowest BCUT2D eigenvalue weighted by Gasteiger charge is -2.27. The van der Waals surface area contributed by atoms with Crippen LogP contribution in [0.2, 0.25) is 0 Å². The van der Waals surface area contributed by atoms with E-state index in [9.17, 15) is 9.90 Å². The summed E-state index contributed by atoms with van der Waals surface area (Å²) in [7, 11) is 1.68. The van der Waals surface area contributed by atoms with Crippen LogP contribution in [0.25, 0.3) is 21.9 Å². The van der Waals surface area contributed by atoms with Gasteiger partial charge in [0.25, 0.3) is 0 Å². The van der Waals surface area contributed by atoms with Crippen LogP contribution >= 0.6 is 0 Å². The molecule has 0 saturated heterocycles. The van der Waals surface area contributed by atoms with Gasteiger partial charge in [0.2, 0.25) is 5.91 Å². The molecule has 1 heterocycles.